The largest absolute Gasteiger partial charge is 0.487 e. The van der Waals surface area contributed by atoms with Crippen LogP contribution in [0.25, 0.3) is 5.65 Å². The van der Waals surface area contributed by atoms with Crippen molar-refractivity contribution >= 4 is 34.4 Å². The van der Waals surface area contributed by atoms with E-state index in [2.05, 4.69) is 10.3 Å². The van der Waals surface area contributed by atoms with Gasteiger partial charge in [-0.15, -0.1) is 11.3 Å². The van der Waals surface area contributed by atoms with Gasteiger partial charge in [0.15, 0.2) is 5.78 Å². The molecule has 0 unspecified atom stereocenters. The number of aryl methyl sites for hydroxylation is 2. The molecular weight excluding hydrogens is 410 g/mol. The average molecular weight is 434 g/mol. The fourth-order valence-corrected chi connectivity index (χ4v) is 4.31. The Morgan fingerprint density at radius 3 is 2.74 bits per heavy atom. The van der Waals surface area contributed by atoms with Gasteiger partial charge in [0.25, 0.3) is 0 Å². The molecule has 6 nitrogen and oxygen atoms in total. The van der Waals surface area contributed by atoms with Crippen LogP contribution in [0.2, 0.25) is 0 Å². The van der Waals surface area contributed by atoms with Gasteiger partial charge in [-0.25, -0.2) is 4.98 Å². The van der Waals surface area contributed by atoms with Gasteiger partial charge in [-0.3, -0.25) is 9.59 Å². The first-order valence-electron chi connectivity index (χ1n) is 10.0. The predicted molar refractivity (Wildman–Crippen MR) is 122 cm³/mol. The van der Waals surface area contributed by atoms with E-state index < -0.39 is 0 Å². The maximum Gasteiger partial charge on any atom is 0.224 e. The maximum absolute atomic E-state index is 12.4. The molecule has 3 aromatic heterocycles. The number of benzene rings is 1. The molecule has 0 bridgehead atoms. The van der Waals surface area contributed by atoms with Crippen molar-refractivity contribution in [1.29, 1.82) is 0 Å². The molecule has 0 saturated heterocycles. The highest BCUT2D eigenvalue weighted by Gasteiger charge is 2.14. The average Bonchev–Trinajstić information content (AvgIpc) is 3.32. The van der Waals surface area contributed by atoms with Crippen molar-refractivity contribution in [2.24, 2.45) is 0 Å². The summed E-state index contributed by atoms with van der Waals surface area (Å²) in [4.78, 5) is 31.3. The van der Waals surface area contributed by atoms with E-state index in [1.165, 1.54) is 0 Å². The molecule has 7 heteroatoms. The van der Waals surface area contributed by atoms with Crippen LogP contribution in [0.5, 0.6) is 5.75 Å². The lowest BCUT2D eigenvalue weighted by atomic mass is 10.1. The number of amides is 1. The van der Waals surface area contributed by atoms with Gasteiger partial charge in [-0.1, -0.05) is 12.1 Å². The van der Waals surface area contributed by atoms with E-state index in [4.69, 9.17) is 4.74 Å². The van der Waals surface area contributed by atoms with Crippen LogP contribution in [0.15, 0.2) is 60.9 Å². The highest BCUT2D eigenvalue weighted by Crippen LogP contribution is 2.23. The zero-order valence-electron chi connectivity index (χ0n) is 17.4. The Balaban J connectivity index is 1.30. The summed E-state index contributed by atoms with van der Waals surface area (Å²) in [7, 11) is 0. The van der Waals surface area contributed by atoms with Crippen molar-refractivity contribution in [2.45, 2.75) is 33.3 Å². The van der Waals surface area contributed by atoms with Crippen LogP contribution in [0.1, 0.15) is 38.6 Å². The highest BCUT2D eigenvalue weighted by molar-refractivity contribution is 7.12. The van der Waals surface area contributed by atoms with Gasteiger partial charge < -0.3 is 14.5 Å². The molecule has 158 valence electrons. The first-order valence-corrected chi connectivity index (χ1v) is 10.8. The van der Waals surface area contributed by atoms with Gasteiger partial charge in [0.05, 0.1) is 5.69 Å². The van der Waals surface area contributed by atoms with E-state index in [-0.39, 0.29) is 24.5 Å². The molecule has 0 atom stereocenters. The number of thiophene rings is 1. The van der Waals surface area contributed by atoms with Crippen molar-refractivity contribution in [3.05, 3.63) is 81.9 Å². The SMILES string of the molecule is Cc1cc(C(=O)CCC(=O)Nc2cccc(OCc3cn4ccccc4n3)c2)c(C)s1. The Labute approximate surface area is 184 Å². The molecule has 0 saturated carbocycles. The number of Topliss-reactive ketones (excluding diaryl/α,β-unsaturated/α-hetero) is 1. The summed E-state index contributed by atoms with van der Waals surface area (Å²) in [6.07, 6.45) is 4.19. The molecule has 0 spiro atoms. The third-order valence-electron chi connectivity index (χ3n) is 4.84. The number of hydrogen-bond donors (Lipinski definition) is 1. The lowest BCUT2D eigenvalue weighted by Gasteiger charge is -2.08. The van der Waals surface area contributed by atoms with E-state index in [0.717, 1.165) is 26.7 Å². The molecule has 0 aliphatic heterocycles. The number of rotatable bonds is 8. The van der Waals surface area contributed by atoms with E-state index in [9.17, 15) is 9.59 Å². The zero-order chi connectivity index (χ0) is 21.8. The number of aromatic nitrogens is 2. The molecule has 1 aromatic carbocycles. The van der Waals surface area contributed by atoms with Crippen LogP contribution in [-0.2, 0) is 11.4 Å². The molecule has 3 heterocycles. The normalized spacial score (nSPS) is 10.9. The molecule has 1 N–H and O–H groups in total. The number of ether oxygens (including phenoxy) is 1. The highest BCUT2D eigenvalue weighted by atomic mass is 32.1. The summed E-state index contributed by atoms with van der Waals surface area (Å²) in [6, 6.07) is 14.9. The number of hydrogen-bond acceptors (Lipinski definition) is 5. The molecule has 0 aliphatic carbocycles. The second-order valence-electron chi connectivity index (χ2n) is 7.31. The number of fused-ring (bicyclic) bond motifs is 1. The van der Waals surface area contributed by atoms with Crippen LogP contribution < -0.4 is 10.1 Å². The summed E-state index contributed by atoms with van der Waals surface area (Å²) >= 11 is 1.60. The zero-order valence-corrected chi connectivity index (χ0v) is 18.2. The Kier molecular flexibility index (Phi) is 6.13. The van der Waals surface area contributed by atoms with Crippen molar-refractivity contribution in [2.75, 3.05) is 5.32 Å². The van der Waals surface area contributed by atoms with E-state index >= 15 is 0 Å². The van der Waals surface area contributed by atoms with E-state index in [0.29, 0.717) is 18.0 Å². The molecule has 0 fully saturated rings. The summed E-state index contributed by atoms with van der Waals surface area (Å²) in [5, 5.41) is 2.84. The van der Waals surface area contributed by atoms with Crippen molar-refractivity contribution in [3.63, 3.8) is 0 Å². The second kappa shape index (κ2) is 9.14. The fraction of sp³-hybridized carbons (Fsp3) is 0.208. The lowest BCUT2D eigenvalue weighted by molar-refractivity contribution is -0.116. The van der Waals surface area contributed by atoms with Crippen molar-refractivity contribution in [1.82, 2.24) is 9.38 Å². The molecular formula is C24H23N3O3S. The minimum Gasteiger partial charge on any atom is -0.487 e. The van der Waals surface area contributed by atoms with E-state index in [1.54, 1.807) is 23.5 Å². The minimum atomic E-state index is -0.199. The molecule has 31 heavy (non-hydrogen) atoms. The Bertz CT molecular complexity index is 1210. The third-order valence-corrected chi connectivity index (χ3v) is 5.80. The van der Waals surface area contributed by atoms with Crippen LogP contribution in [0.4, 0.5) is 5.69 Å². The number of carbonyl (C=O) groups excluding carboxylic acids is 2. The van der Waals surface area contributed by atoms with Gasteiger partial charge >= 0.3 is 0 Å². The van der Waals surface area contributed by atoms with Crippen LogP contribution >= 0.6 is 11.3 Å². The van der Waals surface area contributed by atoms with Gasteiger partial charge in [0.2, 0.25) is 5.91 Å². The molecule has 0 radical (unpaired) electrons. The third kappa shape index (κ3) is 5.19. The number of ketones is 1. The van der Waals surface area contributed by atoms with Gasteiger partial charge in [0.1, 0.15) is 18.0 Å². The number of nitrogens with one attached hydrogen (secondary N) is 1. The van der Waals surface area contributed by atoms with Gasteiger partial charge in [-0.05, 0) is 44.2 Å². The predicted octanol–water partition coefficient (Wildman–Crippen LogP) is 5.19. The summed E-state index contributed by atoms with van der Waals surface area (Å²) < 4.78 is 7.78. The van der Waals surface area contributed by atoms with Gasteiger partial charge in [0, 0.05) is 52.3 Å². The number of anilines is 1. The summed E-state index contributed by atoms with van der Waals surface area (Å²) in [5.74, 6) is 0.437. The molecule has 4 aromatic rings. The minimum absolute atomic E-state index is 0.00142. The monoisotopic (exact) mass is 433 g/mol. The number of carbonyl (C=O) groups is 2. The number of nitrogens with zero attached hydrogens (tertiary/aromatic N) is 2. The maximum atomic E-state index is 12.4. The fourth-order valence-electron chi connectivity index (χ4n) is 3.37. The smallest absolute Gasteiger partial charge is 0.224 e. The topological polar surface area (TPSA) is 72.7 Å². The standard InChI is InChI=1S/C24H23N3O3S/c1-16-12-21(17(2)31-16)22(28)9-10-24(29)26-18-6-5-7-20(13-18)30-15-19-14-27-11-4-3-8-23(27)25-19/h3-8,11-14H,9-10,15H2,1-2H3,(H,26,29). The summed E-state index contributed by atoms with van der Waals surface area (Å²) in [6.45, 7) is 4.24. The summed E-state index contributed by atoms with van der Waals surface area (Å²) in [5.41, 5.74) is 3.03. The molecule has 0 aliphatic rings. The second-order valence-corrected chi connectivity index (χ2v) is 8.77. The van der Waals surface area contributed by atoms with Gasteiger partial charge in [-0.2, -0.15) is 0 Å². The quantitative estimate of drug-likeness (QED) is 0.388. The van der Waals surface area contributed by atoms with Crippen LogP contribution in [0.3, 0.4) is 0 Å². The first-order chi connectivity index (χ1) is 15.0. The lowest BCUT2D eigenvalue weighted by Crippen LogP contribution is -2.13. The Morgan fingerprint density at radius 2 is 1.97 bits per heavy atom. The number of pyridine rings is 1. The molecule has 1 amide bonds. The van der Waals surface area contributed by atoms with Crippen molar-refractivity contribution < 1.29 is 14.3 Å². The van der Waals surface area contributed by atoms with E-state index in [1.807, 2.05) is 67.0 Å². The molecule has 4 rings (SSSR count). The van der Waals surface area contributed by atoms with Crippen LogP contribution in [-0.4, -0.2) is 21.1 Å². The Morgan fingerprint density at radius 1 is 1.10 bits per heavy atom. The first kappa shape index (κ1) is 20.8. The Hall–Kier alpha value is -3.45. The van der Waals surface area contributed by atoms with Crippen LogP contribution in [0, 0.1) is 13.8 Å². The van der Waals surface area contributed by atoms with Crippen molar-refractivity contribution in [3.8, 4) is 5.75 Å². The number of imidazole rings is 1.